The molecule has 1 saturated heterocycles. The van der Waals surface area contributed by atoms with E-state index in [1.807, 2.05) is 0 Å². The molecule has 2 amide bonds. The van der Waals surface area contributed by atoms with E-state index in [-0.39, 0.29) is 36.0 Å². The number of nitrogens with zero attached hydrogens (tertiary/aromatic N) is 1. The minimum atomic E-state index is -3.72. The maximum Gasteiger partial charge on any atom is 0.251 e. The molecule has 190 valence electrons. The lowest BCUT2D eigenvalue weighted by Gasteiger charge is -2.35. The van der Waals surface area contributed by atoms with Crippen molar-refractivity contribution < 1.29 is 26.8 Å². The van der Waals surface area contributed by atoms with Gasteiger partial charge in [-0.1, -0.05) is 11.6 Å². The molecule has 3 aromatic rings. The zero-order chi connectivity index (χ0) is 25.7. The molecule has 0 spiro atoms. The van der Waals surface area contributed by atoms with Crippen LogP contribution in [0.15, 0.2) is 76.2 Å². The van der Waals surface area contributed by atoms with Gasteiger partial charge in [-0.05, 0) is 79.4 Å². The summed E-state index contributed by atoms with van der Waals surface area (Å²) in [6.45, 7) is 0.507. The second-order valence-corrected chi connectivity index (χ2v) is 10.8. The maximum atomic E-state index is 13.3. The highest BCUT2D eigenvalue weighted by Gasteiger charge is 2.36. The van der Waals surface area contributed by atoms with Crippen molar-refractivity contribution in [2.75, 3.05) is 13.1 Å². The van der Waals surface area contributed by atoms with Gasteiger partial charge < -0.3 is 15.1 Å². The summed E-state index contributed by atoms with van der Waals surface area (Å²) in [5.41, 5.74) is 0.211. The first-order valence-electron chi connectivity index (χ1n) is 11.4. The summed E-state index contributed by atoms with van der Waals surface area (Å²) in [6, 6.07) is 13.5. The molecule has 1 aliphatic heterocycles. The Balaban J connectivity index is 1.46. The van der Waals surface area contributed by atoms with Crippen LogP contribution in [-0.4, -0.2) is 43.7 Å². The van der Waals surface area contributed by atoms with Gasteiger partial charge in [0.1, 0.15) is 17.6 Å². The molecule has 0 bridgehead atoms. The van der Waals surface area contributed by atoms with Crippen molar-refractivity contribution in [2.45, 2.75) is 30.3 Å². The molecule has 2 heterocycles. The van der Waals surface area contributed by atoms with E-state index in [1.54, 1.807) is 12.1 Å². The standard InChI is InChI=1S/C25H25ClFN3O5S/c26-19-5-9-22(10-6-19)36(33,34)30-13-11-17(12-14-30)23(25(32)28-16-21-2-1-15-35-21)29-24(31)18-3-7-20(27)8-4-18/h1-10,15,17,23H,11-14,16H2,(H,28,32)(H,29,31)/t23-/m1/s1. The fourth-order valence-corrected chi connectivity index (χ4v) is 5.72. The van der Waals surface area contributed by atoms with Crippen LogP contribution in [0.1, 0.15) is 29.0 Å². The monoisotopic (exact) mass is 533 g/mol. The summed E-state index contributed by atoms with van der Waals surface area (Å²) in [7, 11) is -3.72. The number of piperidine rings is 1. The highest BCUT2D eigenvalue weighted by atomic mass is 35.5. The van der Waals surface area contributed by atoms with Crippen LogP contribution < -0.4 is 10.6 Å². The van der Waals surface area contributed by atoms with Crippen LogP contribution in [0.25, 0.3) is 0 Å². The van der Waals surface area contributed by atoms with Crippen molar-refractivity contribution in [3.8, 4) is 0 Å². The highest BCUT2D eigenvalue weighted by molar-refractivity contribution is 7.89. The van der Waals surface area contributed by atoms with Crippen molar-refractivity contribution >= 4 is 33.4 Å². The van der Waals surface area contributed by atoms with Crippen molar-refractivity contribution in [1.82, 2.24) is 14.9 Å². The van der Waals surface area contributed by atoms with Crippen molar-refractivity contribution in [1.29, 1.82) is 0 Å². The molecular formula is C25H25ClFN3O5S. The molecule has 1 atom stereocenters. The van der Waals surface area contributed by atoms with Crippen LogP contribution >= 0.6 is 11.6 Å². The highest BCUT2D eigenvalue weighted by Crippen LogP contribution is 2.27. The number of hydrogen-bond acceptors (Lipinski definition) is 5. The number of sulfonamides is 1. The molecule has 4 rings (SSSR count). The Labute approximate surface area is 213 Å². The van der Waals surface area contributed by atoms with E-state index >= 15 is 0 Å². The first-order valence-corrected chi connectivity index (χ1v) is 13.2. The number of furan rings is 1. The molecule has 0 radical (unpaired) electrons. The molecule has 11 heteroatoms. The zero-order valence-electron chi connectivity index (χ0n) is 19.2. The van der Waals surface area contributed by atoms with E-state index in [0.29, 0.717) is 23.6 Å². The Bertz CT molecular complexity index is 1290. The second kappa shape index (κ2) is 11.2. The predicted octanol–water partition coefficient (Wildman–Crippen LogP) is 3.59. The molecule has 1 aliphatic rings. The average Bonchev–Trinajstić information content (AvgIpc) is 3.40. The summed E-state index contributed by atoms with van der Waals surface area (Å²) >= 11 is 5.88. The molecule has 36 heavy (non-hydrogen) atoms. The van der Waals surface area contributed by atoms with Crippen LogP contribution in [0.3, 0.4) is 0 Å². The van der Waals surface area contributed by atoms with Gasteiger partial charge in [0.25, 0.3) is 5.91 Å². The molecule has 8 nitrogen and oxygen atoms in total. The number of amides is 2. The molecule has 2 aromatic carbocycles. The molecule has 1 fully saturated rings. The van der Waals surface area contributed by atoms with Gasteiger partial charge in [0.15, 0.2) is 0 Å². The lowest BCUT2D eigenvalue weighted by atomic mass is 9.89. The number of carbonyl (C=O) groups is 2. The van der Waals surface area contributed by atoms with Gasteiger partial charge in [0.2, 0.25) is 15.9 Å². The predicted molar refractivity (Wildman–Crippen MR) is 131 cm³/mol. The Morgan fingerprint density at radius 3 is 2.33 bits per heavy atom. The first kappa shape index (κ1) is 25.9. The summed E-state index contributed by atoms with van der Waals surface area (Å²) in [5.74, 6) is -1.18. The second-order valence-electron chi connectivity index (χ2n) is 8.45. The Morgan fingerprint density at radius 2 is 1.72 bits per heavy atom. The fraction of sp³-hybridized carbons (Fsp3) is 0.280. The van der Waals surface area contributed by atoms with E-state index in [0.717, 1.165) is 0 Å². The molecule has 1 aromatic heterocycles. The number of rotatable bonds is 8. The summed E-state index contributed by atoms with van der Waals surface area (Å²) < 4.78 is 45.9. The summed E-state index contributed by atoms with van der Waals surface area (Å²) in [5, 5.41) is 5.96. The van der Waals surface area contributed by atoms with E-state index in [4.69, 9.17) is 16.0 Å². The maximum absolute atomic E-state index is 13.3. The van der Waals surface area contributed by atoms with E-state index in [1.165, 1.54) is 59.1 Å². The topological polar surface area (TPSA) is 109 Å². The Morgan fingerprint density at radius 1 is 1.06 bits per heavy atom. The van der Waals surface area contributed by atoms with Crippen LogP contribution in [0.5, 0.6) is 0 Å². The molecule has 0 unspecified atom stereocenters. The zero-order valence-corrected chi connectivity index (χ0v) is 20.8. The largest absolute Gasteiger partial charge is 0.467 e. The van der Waals surface area contributed by atoms with Crippen molar-refractivity contribution in [3.05, 3.63) is 89.1 Å². The number of hydrogen-bond donors (Lipinski definition) is 2. The Hall–Kier alpha value is -3.21. The lowest BCUT2D eigenvalue weighted by molar-refractivity contribution is -0.124. The summed E-state index contributed by atoms with van der Waals surface area (Å²) in [4.78, 5) is 26.1. The van der Waals surface area contributed by atoms with Crippen LogP contribution in [0.2, 0.25) is 5.02 Å². The number of carbonyl (C=O) groups excluding carboxylic acids is 2. The average molecular weight is 534 g/mol. The number of halogens is 2. The number of benzene rings is 2. The van der Waals surface area contributed by atoms with Gasteiger partial charge in [-0.3, -0.25) is 9.59 Å². The number of nitrogens with one attached hydrogen (secondary N) is 2. The third-order valence-corrected chi connectivity index (χ3v) is 8.28. The lowest BCUT2D eigenvalue weighted by Crippen LogP contribution is -2.53. The minimum Gasteiger partial charge on any atom is -0.467 e. The van der Waals surface area contributed by atoms with E-state index < -0.39 is 33.7 Å². The SMILES string of the molecule is O=C(N[C@@H](C(=O)NCc1ccco1)C1CCN(S(=O)(=O)c2ccc(Cl)cc2)CC1)c1ccc(F)cc1. The first-order chi connectivity index (χ1) is 17.2. The minimum absolute atomic E-state index is 0.137. The van der Waals surface area contributed by atoms with Gasteiger partial charge in [-0.25, -0.2) is 12.8 Å². The van der Waals surface area contributed by atoms with Crippen LogP contribution in [0.4, 0.5) is 4.39 Å². The van der Waals surface area contributed by atoms with E-state index in [9.17, 15) is 22.4 Å². The Kier molecular flexibility index (Phi) is 8.07. The van der Waals surface area contributed by atoms with Crippen molar-refractivity contribution in [2.24, 2.45) is 5.92 Å². The van der Waals surface area contributed by atoms with Crippen LogP contribution in [-0.2, 0) is 21.4 Å². The van der Waals surface area contributed by atoms with Crippen molar-refractivity contribution in [3.63, 3.8) is 0 Å². The molecular weight excluding hydrogens is 509 g/mol. The molecule has 0 saturated carbocycles. The third-order valence-electron chi connectivity index (χ3n) is 6.11. The van der Waals surface area contributed by atoms with E-state index in [2.05, 4.69) is 10.6 Å². The fourth-order valence-electron chi connectivity index (χ4n) is 4.13. The molecule has 2 N–H and O–H groups in total. The van der Waals surface area contributed by atoms with Gasteiger partial charge in [-0.2, -0.15) is 4.31 Å². The third kappa shape index (κ3) is 6.13. The van der Waals surface area contributed by atoms with Gasteiger partial charge in [-0.15, -0.1) is 0 Å². The van der Waals surface area contributed by atoms with Gasteiger partial charge >= 0.3 is 0 Å². The van der Waals surface area contributed by atoms with Crippen LogP contribution in [0, 0.1) is 11.7 Å². The summed E-state index contributed by atoms with van der Waals surface area (Å²) in [6.07, 6.45) is 2.21. The quantitative estimate of drug-likeness (QED) is 0.460. The smallest absolute Gasteiger partial charge is 0.251 e. The van der Waals surface area contributed by atoms with Gasteiger partial charge in [0.05, 0.1) is 17.7 Å². The van der Waals surface area contributed by atoms with Gasteiger partial charge in [0, 0.05) is 23.7 Å². The molecule has 0 aliphatic carbocycles. The normalized spacial score (nSPS) is 15.8.